The molecule has 1 aliphatic heterocycles. The standard InChI is InChI=1S/C23H31N5O/c29-23(25-20-9-5-2-6-10-20)26-21-11-12-22(24-17-21)28-15-13-27(14-16-28)18-19-7-3-1-4-8-19/h1,3-4,7-8,11-12,17,20H,2,5-6,9-10,13-16,18H2,(H2,25,26,29). The van der Waals surface area contributed by atoms with Gasteiger partial charge in [0.25, 0.3) is 0 Å². The molecule has 2 aromatic rings. The van der Waals surface area contributed by atoms with E-state index in [4.69, 9.17) is 0 Å². The second-order valence-corrected chi connectivity index (χ2v) is 8.09. The number of nitrogens with zero attached hydrogens (tertiary/aromatic N) is 3. The van der Waals surface area contributed by atoms with Gasteiger partial charge in [-0.25, -0.2) is 9.78 Å². The Morgan fingerprint density at radius 2 is 1.72 bits per heavy atom. The minimum Gasteiger partial charge on any atom is -0.354 e. The van der Waals surface area contributed by atoms with Gasteiger partial charge in [-0.05, 0) is 30.5 Å². The molecule has 1 aromatic carbocycles. The number of hydrogen-bond donors (Lipinski definition) is 2. The number of hydrogen-bond acceptors (Lipinski definition) is 4. The number of piperazine rings is 1. The summed E-state index contributed by atoms with van der Waals surface area (Å²) >= 11 is 0. The van der Waals surface area contributed by atoms with Crippen LogP contribution in [0.3, 0.4) is 0 Å². The molecule has 2 fully saturated rings. The van der Waals surface area contributed by atoms with E-state index in [2.05, 4.69) is 55.7 Å². The molecule has 2 amide bonds. The highest BCUT2D eigenvalue weighted by molar-refractivity contribution is 5.89. The number of aromatic nitrogens is 1. The Labute approximate surface area is 173 Å². The Morgan fingerprint density at radius 3 is 2.41 bits per heavy atom. The van der Waals surface area contributed by atoms with Crippen LogP contribution in [-0.4, -0.2) is 48.1 Å². The highest BCUT2D eigenvalue weighted by atomic mass is 16.2. The van der Waals surface area contributed by atoms with Crippen LogP contribution in [-0.2, 0) is 6.54 Å². The molecule has 1 saturated heterocycles. The van der Waals surface area contributed by atoms with Gasteiger partial charge in [-0.3, -0.25) is 4.90 Å². The summed E-state index contributed by atoms with van der Waals surface area (Å²) < 4.78 is 0. The van der Waals surface area contributed by atoms with Crippen LogP contribution in [0.1, 0.15) is 37.7 Å². The van der Waals surface area contributed by atoms with Crippen molar-refractivity contribution >= 4 is 17.5 Å². The van der Waals surface area contributed by atoms with Gasteiger partial charge in [-0.2, -0.15) is 0 Å². The van der Waals surface area contributed by atoms with Gasteiger partial charge in [0, 0.05) is 38.8 Å². The number of carbonyl (C=O) groups excluding carboxylic acids is 1. The van der Waals surface area contributed by atoms with E-state index >= 15 is 0 Å². The monoisotopic (exact) mass is 393 g/mol. The molecule has 2 N–H and O–H groups in total. The first kappa shape index (κ1) is 19.7. The number of anilines is 2. The van der Waals surface area contributed by atoms with E-state index in [1.807, 2.05) is 12.1 Å². The highest BCUT2D eigenvalue weighted by Gasteiger charge is 2.19. The van der Waals surface area contributed by atoms with Crippen LogP contribution in [0.25, 0.3) is 0 Å². The average Bonchev–Trinajstić information content (AvgIpc) is 2.76. The molecule has 0 spiro atoms. The Balaban J connectivity index is 1.23. The molecule has 6 nitrogen and oxygen atoms in total. The fourth-order valence-electron chi connectivity index (χ4n) is 4.22. The van der Waals surface area contributed by atoms with Gasteiger partial charge < -0.3 is 15.5 Å². The van der Waals surface area contributed by atoms with Crippen LogP contribution in [0.5, 0.6) is 0 Å². The lowest BCUT2D eigenvalue weighted by Crippen LogP contribution is -2.46. The zero-order chi connectivity index (χ0) is 19.9. The van der Waals surface area contributed by atoms with Gasteiger partial charge in [-0.1, -0.05) is 49.6 Å². The lowest BCUT2D eigenvalue weighted by atomic mass is 9.96. The molecule has 6 heteroatoms. The average molecular weight is 394 g/mol. The molecule has 2 aliphatic rings. The third-order valence-electron chi connectivity index (χ3n) is 5.89. The van der Waals surface area contributed by atoms with Crippen LogP contribution in [0.4, 0.5) is 16.3 Å². The molecule has 154 valence electrons. The predicted molar refractivity (Wildman–Crippen MR) is 117 cm³/mol. The van der Waals surface area contributed by atoms with Crippen LogP contribution in [0.15, 0.2) is 48.7 Å². The van der Waals surface area contributed by atoms with Crippen LogP contribution < -0.4 is 15.5 Å². The van der Waals surface area contributed by atoms with E-state index in [1.165, 1.54) is 24.8 Å². The van der Waals surface area contributed by atoms with Crippen LogP contribution in [0, 0.1) is 0 Å². The van der Waals surface area contributed by atoms with Gasteiger partial charge >= 0.3 is 6.03 Å². The maximum absolute atomic E-state index is 12.2. The maximum Gasteiger partial charge on any atom is 0.319 e. The quantitative estimate of drug-likeness (QED) is 0.810. The Hall–Kier alpha value is -2.60. The molecule has 4 rings (SSSR count). The van der Waals surface area contributed by atoms with E-state index in [0.717, 1.165) is 57.1 Å². The highest BCUT2D eigenvalue weighted by Crippen LogP contribution is 2.19. The number of rotatable bonds is 5. The number of urea groups is 1. The SMILES string of the molecule is O=C(Nc1ccc(N2CCN(Cc3ccccc3)CC2)nc1)NC1CCCCC1. The molecule has 1 saturated carbocycles. The fourth-order valence-corrected chi connectivity index (χ4v) is 4.22. The molecular weight excluding hydrogens is 362 g/mol. The fraction of sp³-hybridized carbons (Fsp3) is 0.478. The lowest BCUT2D eigenvalue weighted by Gasteiger charge is -2.35. The number of pyridine rings is 1. The van der Waals surface area contributed by atoms with E-state index in [-0.39, 0.29) is 6.03 Å². The first-order chi connectivity index (χ1) is 14.3. The van der Waals surface area contributed by atoms with Crippen molar-refractivity contribution in [2.75, 3.05) is 36.4 Å². The normalized spacial score (nSPS) is 18.4. The number of amides is 2. The molecular formula is C23H31N5O. The molecule has 2 heterocycles. The maximum atomic E-state index is 12.2. The minimum absolute atomic E-state index is 0.124. The van der Waals surface area contributed by atoms with Crippen molar-refractivity contribution in [2.24, 2.45) is 0 Å². The summed E-state index contributed by atoms with van der Waals surface area (Å²) in [4.78, 5) is 21.6. The van der Waals surface area contributed by atoms with Gasteiger partial charge in [-0.15, -0.1) is 0 Å². The third kappa shape index (κ3) is 5.70. The number of benzene rings is 1. The largest absolute Gasteiger partial charge is 0.354 e. The van der Waals surface area contributed by atoms with Crippen LogP contribution >= 0.6 is 0 Å². The molecule has 29 heavy (non-hydrogen) atoms. The molecule has 0 bridgehead atoms. The van der Waals surface area contributed by atoms with E-state index < -0.39 is 0 Å². The van der Waals surface area contributed by atoms with Gasteiger partial charge in [0.05, 0.1) is 11.9 Å². The molecule has 1 aliphatic carbocycles. The van der Waals surface area contributed by atoms with Crippen molar-refractivity contribution in [2.45, 2.75) is 44.7 Å². The molecule has 0 unspecified atom stereocenters. The van der Waals surface area contributed by atoms with Crippen molar-refractivity contribution in [3.05, 3.63) is 54.2 Å². The van der Waals surface area contributed by atoms with Gasteiger partial charge in [0.2, 0.25) is 0 Å². The van der Waals surface area contributed by atoms with Crippen molar-refractivity contribution in [3.8, 4) is 0 Å². The predicted octanol–water partition coefficient (Wildman–Crippen LogP) is 3.86. The Morgan fingerprint density at radius 1 is 0.966 bits per heavy atom. The Kier molecular flexibility index (Phi) is 6.62. The summed E-state index contributed by atoms with van der Waals surface area (Å²) in [5, 5.41) is 5.99. The minimum atomic E-state index is -0.124. The van der Waals surface area contributed by atoms with E-state index in [1.54, 1.807) is 6.20 Å². The lowest BCUT2D eigenvalue weighted by molar-refractivity contribution is 0.244. The number of carbonyl (C=O) groups is 1. The second kappa shape index (κ2) is 9.74. The molecule has 0 atom stereocenters. The smallest absolute Gasteiger partial charge is 0.319 e. The van der Waals surface area contributed by atoms with Crippen LogP contribution in [0.2, 0.25) is 0 Å². The van der Waals surface area contributed by atoms with Gasteiger partial charge in [0.15, 0.2) is 0 Å². The molecule has 0 radical (unpaired) electrons. The summed E-state index contributed by atoms with van der Waals surface area (Å²) in [6.45, 7) is 4.99. The van der Waals surface area contributed by atoms with Crippen molar-refractivity contribution in [1.82, 2.24) is 15.2 Å². The summed E-state index contributed by atoms with van der Waals surface area (Å²) in [6, 6.07) is 14.8. The van der Waals surface area contributed by atoms with Crippen molar-refractivity contribution < 1.29 is 4.79 Å². The van der Waals surface area contributed by atoms with Crippen molar-refractivity contribution in [1.29, 1.82) is 0 Å². The zero-order valence-electron chi connectivity index (χ0n) is 17.0. The van der Waals surface area contributed by atoms with E-state index in [9.17, 15) is 4.79 Å². The molecule has 1 aromatic heterocycles. The third-order valence-corrected chi connectivity index (χ3v) is 5.89. The summed E-state index contributed by atoms with van der Waals surface area (Å²) in [5.74, 6) is 0.975. The summed E-state index contributed by atoms with van der Waals surface area (Å²) in [5.41, 5.74) is 2.10. The first-order valence-corrected chi connectivity index (χ1v) is 10.8. The van der Waals surface area contributed by atoms with E-state index in [0.29, 0.717) is 6.04 Å². The van der Waals surface area contributed by atoms with Crippen molar-refractivity contribution in [3.63, 3.8) is 0 Å². The topological polar surface area (TPSA) is 60.5 Å². The Bertz CT molecular complexity index is 766. The summed E-state index contributed by atoms with van der Waals surface area (Å²) in [6.07, 6.45) is 7.62. The van der Waals surface area contributed by atoms with Gasteiger partial charge in [0.1, 0.15) is 5.82 Å². The zero-order valence-corrected chi connectivity index (χ0v) is 17.0. The first-order valence-electron chi connectivity index (χ1n) is 10.8. The second-order valence-electron chi connectivity index (χ2n) is 8.09. The number of nitrogens with one attached hydrogen (secondary N) is 2. The summed E-state index contributed by atoms with van der Waals surface area (Å²) in [7, 11) is 0.